The molecule has 3 aliphatic heterocycles. The van der Waals surface area contributed by atoms with Crippen molar-refractivity contribution in [3.63, 3.8) is 0 Å². The number of amides is 2. The number of carbonyl (C=O) groups excluding carboxylic acids is 3. The van der Waals surface area contributed by atoms with Crippen molar-refractivity contribution in [1.29, 1.82) is 0 Å². The van der Waals surface area contributed by atoms with Crippen LogP contribution in [0.25, 0.3) is 0 Å². The lowest BCUT2D eigenvalue weighted by Gasteiger charge is -2.37. The molecule has 37 heavy (non-hydrogen) atoms. The van der Waals surface area contributed by atoms with Crippen molar-refractivity contribution in [2.45, 2.75) is 54.6 Å². The number of rotatable bonds is 13. The molecule has 3 fully saturated rings. The van der Waals surface area contributed by atoms with Crippen LogP contribution in [0.15, 0.2) is 49.6 Å². The lowest BCUT2D eigenvalue weighted by Crippen LogP contribution is -2.55. The maximum Gasteiger partial charge on any atom is 0.311 e. The molecule has 1 spiro atoms. The highest BCUT2D eigenvalue weighted by molar-refractivity contribution is 8.02. The van der Waals surface area contributed by atoms with E-state index in [1.807, 2.05) is 0 Å². The number of anilines is 1. The van der Waals surface area contributed by atoms with E-state index < -0.39 is 22.6 Å². The van der Waals surface area contributed by atoms with Gasteiger partial charge in [0.25, 0.3) is 5.91 Å². The van der Waals surface area contributed by atoms with Gasteiger partial charge in [-0.1, -0.05) is 43.2 Å². The summed E-state index contributed by atoms with van der Waals surface area (Å²) < 4.78 is 4.75. The van der Waals surface area contributed by atoms with Crippen molar-refractivity contribution in [2.75, 3.05) is 31.2 Å². The summed E-state index contributed by atoms with van der Waals surface area (Å²) in [5, 5.41) is 9.63. The second-order valence-corrected chi connectivity index (χ2v) is 11.9. The van der Waals surface area contributed by atoms with Crippen LogP contribution < -0.4 is 4.90 Å². The molecule has 9 heteroatoms. The molecule has 1 aromatic carbocycles. The highest BCUT2D eigenvalue weighted by Gasteiger charge is 2.74. The number of ether oxygens (including phenoxy) is 1. The van der Waals surface area contributed by atoms with E-state index in [-0.39, 0.29) is 42.8 Å². The summed E-state index contributed by atoms with van der Waals surface area (Å²) in [7, 11) is 0. The van der Waals surface area contributed by atoms with Crippen molar-refractivity contribution in [3.8, 4) is 0 Å². The number of hydrogen-bond acceptors (Lipinski definition) is 6. The van der Waals surface area contributed by atoms with Gasteiger partial charge in [0.15, 0.2) is 0 Å². The standard InChI is InChI=1S/C28H35ClN2O5S/c1-3-15-30(20-11-9-19(29)10-12-20)26(34)24-28-14-13-21(37-28)22(27(35)36-18-4-2)23(28)25(33)31(24)16-7-5-6-8-17-32/h3-4,9-12,21-24,32H,1-2,5-8,13-18H2/t21-,22+,23+,24?,28?/m1/s1. The van der Waals surface area contributed by atoms with Crippen LogP contribution in [-0.2, 0) is 19.1 Å². The van der Waals surface area contributed by atoms with E-state index in [0.717, 1.165) is 25.7 Å². The van der Waals surface area contributed by atoms with Gasteiger partial charge in [0.05, 0.1) is 16.6 Å². The lowest BCUT2D eigenvalue weighted by atomic mass is 9.71. The van der Waals surface area contributed by atoms with Crippen LogP contribution in [-0.4, -0.2) is 70.1 Å². The molecule has 1 aromatic rings. The summed E-state index contributed by atoms with van der Waals surface area (Å²) in [6, 6.07) is 6.38. The third kappa shape index (κ3) is 5.20. The summed E-state index contributed by atoms with van der Waals surface area (Å²) in [6.45, 7) is 8.42. The first-order valence-electron chi connectivity index (χ1n) is 12.9. The largest absolute Gasteiger partial charge is 0.461 e. The smallest absolute Gasteiger partial charge is 0.311 e. The monoisotopic (exact) mass is 546 g/mol. The first kappa shape index (κ1) is 27.7. The fourth-order valence-corrected chi connectivity index (χ4v) is 8.47. The number of fused-ring (bicyclic) bond motifs is 1. The highest BCUT2D eigenvalue weighted by Crippen LogP contribution is 2.66. The van der Waals surface area contributed by atoms with Crippen molar-refractivity contribution in [2.24, 2.45) is 11.8 Å². The Hall–Kier alpha value is -2.29. The van der Waals surface area contributed by atoms with Gasteiger partial charge in [0.1, 0.15) is 12.6 Å². The Morgan fingerprint density at radius 1 is 1.19 bits per heavy atom. The van der Waals surface area contributed by atoms with Crippen molar-refractivity contribution in [3.05, 3.63) is 54.6 Å². The predicted molar refractivity (Wildman–Crippen MR) is 147 cm³/mol. The van der Waals surface area contributed by atoms with Gasteiger partial charge < -0.3 is 19.6 Å². The van der Waals surface area contributed by atoms with Gasteiger partial charge in [-0.25, -0.2) is 0 Å². The number of aliphatic hydroxyl groups is 1. The van der Waals surface area contributed by atoms with Gasteiger partial charge in [-0.15, -0.1) is 18.3 Å². The van der Waals surface area contributed by atoms with E-state index in [4.69, 9.17) is 21.4 Å². The summed E-state index contributed by atoms with van der Waals surface area (Å²) in [5.41, 5.74) is 0.684. The molecule has 7 nitrogen and oxygen atoms in total. The Bertz CT molecular complexity index is 1030. The zero-order valence-corrected chi connectivity index (χ0v) is 22.6. The van der Waals surface area contributed by atoms with E-state index in [9.17, 15) is 14.4 Å². The number of carbonyl (C=O) groups is 3. The average molecular weight is 547 g/mol. The Morgan fingerprint density at radius 3 is 2.59 bits per heavy atom. The molecule has 2 amide bonds. The molecule has 3 heterocycles. The topological polar surface area (TPSA) is 87.1 Å². The van der Waals surface area contributed by atoms with Crippen LogP contribution in [0, 0.1) is 11.8 Å². The van der Waals surface area contributed by atoms with Gasteiger partial charge in [-0.2, -0.15) is 0 Å². The quantitative estimate of drug-likeness (QED) is 0.226. The molecule has 0 radical (unpaired) electrons. The summed E-state index contributed by atoms with van der Waals surface area (Å²) in [5.74, 6) is -1.83. The average Bonchev–Trinajstić information content (AvgIpc) is 3.53. The van der Waals surface area contributed by atoms with Gasteiger partial charge in [0, 0.05) is 35.7 Å². The number of aliphatic hydroxyl groups excluding tert-OH is 1. The van der Waals surface area contributed by atoms with E-state index in [2.05, 4.69) is 13.2 Å². The van der Waals surface area contributed by atoms with Gasteiger partial charge in [-0.3, -0.25) is 14.4 Å². The van der Waals surface area contributed by atoms with Crippen molar-refractivity contribution < 1.29 is 24.2 Å². The molecule has 0 aromatic heterocycles. The van der Waals surface area contributed by atoms with E-state index >= 15 is 0 Å². The minimum atomic E-state index is -0.689. The van der Waals surface area contributed by atoms with Crippen LogP contribution in [0.1, 0.15) is 38.5 Å². The predicted octanol–water partition coefficient (Wildman–Crippen LogP) is 4.23. The lowest BCUT2D eigenvalue weighted by molar-refractivity contribution is -0.153. The number of hydrogen-bond donors (Lipinski definition) is 1. The molecular weight excluding hydrogens is 512 g/mol. The van der Waals surface area contributed by atoms with E-state index in [1.165, 1.54) is 6.08 Å². The van der Waals surface area contributed by atoms with Gasteiger partial charge in [0.2, 0.25) is 5.91 Å². The fourth-order valence-electron chi connectivity index (χ4n) is 6.15. The van der Waals surface area contributed by atoms with Gasteiger partial charge >= 0.3 is 5.97 Å². The highest BCUT2D eigenvalue weighted by atomic mass is 35.5. The fraction of sp³-hybridized carbons (Fsp3) is 0.536. The molecular formula is C28H35ClN2O5S. The Labute approximate surface area is 227 Å². The van der Waals surface area contributed by atoms with Crippen molar-refractivity contribution >= 4 is 46.8 Å². The number of halogens is 1. The minimum Gasteiger partial charge on any atom is -0.461 e. The number of thioether (sulfide) groups is 1. The molecule has 0 saturated carbocycles. The third-order valence-electron chi connectivity index (χ3n) is 7.67. The molecule has 2 bridgehead atoms. The molecule has 3 saturated heterocycles. The maximum absolute atomic E-state index is 14.4. The summed E-state index contributed by atoms with van der Waals surface area (Å²) >= 11 is 7.72. The van der Waals surface area contributed by atoms with Crippen LogP contribution in [0.5, 0.6) is 0 Å². The van der Waals surface area contributed by atoms with E-state index in [1.54, 1.807) is 51.9 Å². The zero-order chi connectivity index (χ0) is 26.6. The Kier molecular flexibility index (Phi) is 9.03. The molecule has 3 aliphatic rings. The maximum atomic E-state index is 14.4. The van der Waals surface area contributed by atoms with Crippen LogP contribution in [0.3, 0.4) is 0 Å². The second kappa shape index (κ2) is 12.0. The number of nitrogens with zero attached hydrogens (tertiary/aromatic N) is 2. The molecule has 4 rings (SSSR count). The Morgan fingerprint density at radius 2 is 1.92 bits per heavy atom. The SMILES string of the molecule is C=CCOC(=O)[C@@H]1[C@H]2C(=O)N(CCCCCCO)C(C(=O)N(CC=C)c3ccc(Cl)cc3)C23CC[C@H]1S3. The second-order valence-electron chi connectivity index (χ2n) is 9.86. The Balaban J connectivity index is 1.68. The van der Waals surface area contributed by atoms with E-state index in [0.29, 0.717) is 30.1 Å². The summed E-state index contributed by atoms with van der Waals surface area (Å²) in [6.07, 6.45) is 7.79. The number of unbranched alkanes of at least 4 members (excludes halogenated alkanes) is 3. The van der Waals surface area contributed by atoms with Crippen molar-refractivity contribution in [1.82, 2.24) is 4.90 Å². The first-order valence-corrected chi connectivity index (χ1v) is 14.2. The molecule has 0 aliphatic carbocycles. The zero-order valence-electron chi connectivity index (χ0n) is 21.0. The molecule has 200 valence electrons. The van der Waals surface area contributed by atoms with Gasteiger partial charge in [-0.05, 0) is 49.9 Å². The summed E-state index contributed by atoms with van der Waals surface area (Å²) in [4.78, 5) is 44.8. The molecule has 2 unspecified atom stereocenters. The normalized spacial score (nSPS) is 27.7. The van der Waals surface area contributed by atoms with Crippen LogP contribution in [0.4, 0.5) is 5.69 Å². The number of likely N-dealkylation sites (tertiary alicyclic amines) is 1. The first-order chi connectivity index (χ1) is 17.9. The molecule has 5 atom stereocenters. The third-order valence-corrected chi connectivity index (χ3v) is 9.88. The number of esters is 1. The number of benzene rings is 1. The van der Waals surface area contributed by atoms with Crippen LogP contribution in [0.2, 0.25) is 5.02 Å². The minimum absolute atomic E-state index is 0.0448. The molecule has 1 N–H and O–H groups in total. The van der Waals surface area contributed by atoms with Crippen LogP contribution >= 0.6 is 23.4 Å².